The van der Waals surface area contributed by atoms with Crippen molar-refractivity contribution < 1.29 is 9.47 Å². The molecule has 1 aliphatic heterocycles. The zero-order chi connectivity index (χ0) is 17.5. The van der Waals surface area contributed by atoms with Crippen molar-refractivity contribution in [2.45, 2.75) is 6.42 Å². The van der Waals surface area contributed by atoms with E-state index in [1.165, 1.54) is 4.88 Å². The van der Waals surface area contributed by atoms with Gasteiger partial charge in [-0.2, -0.15) is 5.26 Å². The number of benzene rings is 1. The molecule has 0 saturated carbocycles. The van der Waals surface area contributed by atoms with Gasteiger partial charge in [-0.25, -0.2) is 4.98 Å². The van der Waals surface area contributed by atoms with Crippen LogP contribution in [0.25, 0.3) is 26.8 Å². The van der Waals surface area contributed by atoms with Crippen LogP contribution in [-0.4, -0.2) is 22.6 Å². The summed E-state index contributed by atoms with van der Waals surface area (Å²) in [7, 11) is 0. The lowest BCUT2D eigenvalue weighted by atomic mass is 10.1. The highest BCUT2D eigenvalue weighted by Crippen LogP contribution is 2.38. The quantitative estimate of drug-likeness (QED) is 0.521. The van der Waals surface area contributed by atoms with Gasteiger partial charge in [0.2, 0.25) is 0 Å². The van der Waals surface area contributed by atoms with Gasteiger partial charge < -0.3 is 9.47 Å². The van der Waals surface area contributed by atoms with Gasteiger partial charge in [-0.3, -0.25) is 4.40 Å². The fraction of sp³-hybridized carbons (Fsp3) is 0.158. The first kappa shape index (κ1) is 15.4. The van der Waals surface area contributed by atoms with Crippen molar-refractivity contribution in [2.75, 3.05) is 13.2 Å². The van der Waals surface area contributed by atoms with E-state index in [1.54, 1.807) is 22.7 Å². The van der Waals surface area contributed by atoms with Gasteiger partial charge in [-0.1, -0.05) is 6.07 Å². The van der Waals surface area contributed by atoms with Crippen molar-refractivity contribution in [2.24, 2.45) is 0 Å². The molecule has 0 amide bonds. The lowest BCUT2D eigenvalue weighted by Crippen LogP contribution is -2.15. The Balaban J connectivity index is 1.71. The first-order chi connectivity index (χ1) is 12.8. The second kappa shape index (κ2) is 6.16. The second-order valence-corrected chi connectivity index (χ2v) is 7.60. The molecule has 128 valence electrons. The van der Waals surface area contributed by atoms with Crippen molar-refractivity contribution in [1.29, 1.82) is 5.26 Å². The minimum atomic E-state index is 0.292. The van der Waals surface area contributed by atoms with Crippen LogP contribution < -0.4 is 9.47 Å². The predicted molar refractivity (Wildman–Crippen MR) is 102 cm³/mol. The fourth-order valence-corrected chi connectivity index (χ4v) is 4.89. The van der Waals surface area contributed by atoms with Crippen molar-refractivity contribution in [3.05, 3.63) is 46.8 Å². The number of aromatic nitrogens is 2. The van der Waals surface area contributed by atoms with Gasteiger partial charge in [0, 0.05) is 10.9 Å². The molecule has 0 aliphatic carbocycles. The molecule has 7 heteroatoms. The van der Waals surface area contributed by atoms with Crippen LogP contribution in [0.15, 0.2) is 41.1 Å². The molecule has 1 aromatic carbocycles. The van der Waals surface area contributed by atoms with Crippen LogP contribution in [0.1, 0.15) is 5.69 Å². The van der Waals surface area contributed by atoms with Crippen LogP contribution in [0.4, 0.5) is 0 Å². The Labute approximate surface area is 157 Å². The number of nitrogens with zero attached hydrogens (tertiary/aromatic N) is 3. The number of hydrogen-bond acceptors (Lipinski definition) is 6. The normalized spacial score (nSPS) is 13.0. The zero-order valence-corrected chi connectivity index (χ0v) is 15.3. The Hall–Kier alpha value is -2.82. The summed E-state index contributed by atoms with van der Waals surface area (Å²) >= 11 is 3.27. The van der Waals surface area contributed by atoms with E-state index in [1.807, 2.05) is 24.3 Å². The molecule has 26 heavy (non-hydrogen) atoms. The van der Waals surface area contributed by atoms with Crippen molar-refractivity contribution >= 4 is 27.6 Å². The summed E-state index contributed by atoms with van der Waals surface area (Å²) in [6, 6.07) is 12.3. The summed E-state index contributed by atoms with van der Waals surface area (Å²) in [5.74, 6) is 1.48. The van der Waals surface area contributed by atoms with Crippen LogP contribution in [0.3, 0.4) is 0 Å². The summed E-state index contributed by atoms with van der Waals surface area (Å²) in [5, 5.41) is 13.5. The summed E-state index contributed by atoms with van der Waals surface area (Å²) in [6.07, 6.45) is 0.292. The molecule has 5 rings (SSSR count). The van der Waals surface area contributed by atoms with Crippen molar-refractivity contribution in [3.8, 4) is 39.4 Å². The molecule has 0 spiro atoms. The number of rotatable bonds is 3. The average Bonchev–Trinajstić information content (AvgIpc) is 3.39. The van der Waals surface area contributed by atoms with Gasteiger partial charge in [-0.05, 0) is 29.6 Å². The minimum absolute atomic E-state index is 0.292. The molecule has 4 heterocycles. The van der Waals surface area contributed by atoms with Gasteiger partial charge >= 0.3 is 0 Å². The fourth-order valence-electron chi connectivity index (χ4n) is 3.17. The van der Waals surface area contributed by atoms with E-state index in [4.69, 9.17) is 14.5 Å². The molecular formula is C19H13N3O2S2. The van der Waals surface area contributed by atoms with E-state index in [0.717, 1.165) is 39.1 Å². The highest BCUT2D eigenvalue weighted by atomic mass is 32.1. The average molecular weight is 379 g/mol. The third-order valence-corrected chi connectivity index (χ3v) is 6.01. The van der Waals surface area contributed by atoms with Crippen LogP contribution in [-0.2, 0) is 6.42 Å². The third-order valence-electron chi connectivity index (χ3n) is 4.29. The summed E-state index contributed by atoms with van der Waals surface area (Å²) in [6.45, 7) is 1.11. The van der Waals surface area contributed by atoms with E-state index < -0.39 is 0 Å². The number of thiophene rings is 1. The third kappa shape index (κ3) is 2.38. The van der Waals surface area contributed by atoms with Crippen molar-refractivity contribution in [3.63, 3.8) is 0 Å². The number of thiazole rings is 1. The molecule has 4 aromatic rings. The maximum absolute atomic E-state index is 9.39. The Kier molecular flexibility index (Phi) is 3.66. The smallest absolute Gasteiger partial charge is 0.195 e. The summed E-state index contributed by atoms with van der Waals surface area (Å²) < 4.78 is 13.4. The van der Waals surface area contributed by atoms with E-state index in [0.29, 0.717) is 19.6 Å². The topological polar surface area (TPSA) is 59.5 Å². The second-order valence-electron chi connectivity index (χ2n) is 5.82. The van der Waals surface area contributed by atoms with Gasteiger partial charge in [0.05, 0.1) is 34.4 Å². The summed E-state index contributed by atoms with van der Waals surface area (Å²) in [5.41, 5.74) is 3.76. The maximum atomic E-state index is 9.39. The monoisotopic (exact) mass is 379 g/mol. The van der Waals surface area contributed by atoms with Gasteiger partial charge in [0.15, 0.2) is 16.5 Å². The molecule has 0 atom stereocenters. The molecule has 0 bridgehead atoms. The molecule has 0 radical (unpaired) electrons. The molecule has 3 aromatic heterocycles. The lowest BCUT2D eigenvalue weighted by molar-refractivity contribution is 0.171. The summed E-state index contributed by atoms with van der Waals surface area (Å²) in [4.78, 5) is 6.88. The standard InChI is InChI=1S/C19H13N3O2S2/c20-6-5-13-18(12-3-4-15-16(10-12)24-8-7-23-15)21-19-22(13)14(11-26-19)17-2-1-9-25-17/h1-4,9-11H,5,7-8H2. The Bertz CT molecular complexity index is 1140. The molecule has 0 fully saturated rings. The van der Waals surface area contributed by atoms with Gasteiger partial charge in [-0.15, -0.1) is 22.7 Å². The number of hydrogen-bond donors (Lipinski definition) is 0. The lowest BCUT2D eigenvalue weighted by Gasteiger charge is -2.18. The predicted octanol–water partition coefficient (Wildman–Crippen LogP) is 4.63. The first-order valence-electron chi connectivity index (χ1n) is 8.15. The number of nitriles is 1. The van der Waals surface area contributed by atoms with E-state index in [2.05, 4.69) is 27.3 Å². The van der Waals surface area contributed by atoms with Crippen molar-refractivity contribution in [1.82, 2.24) is 9.38 Å². The first-order valence-corrected chi connectivity index (χ1v) is 9.91. The van der Waals surface area contributed by atoms with E-state index in [9.17, 15) is 5.26 Å². The number of fused-ring (bicyclic) bond motifs is 2. The van der Waals surface area contributed by atoms with Crippen LogP contribution >= 0.6 is 22.7 Å². The largest absolute Gasteiger partial charge is 0.486 e. The zero-order valence-electron chi connectivity index (χ0n) is 13.6. The molecule has 0 unspecified atom stereocenters. The molecule has 1 aliphatic rings. The molecular weight excluding hydrogens is 366 g/mol. The van der Waals surface area contributed by atoms with Crippen LogP contribution in [0.2, 0.25) is 0 Å². The Morgan fingerprint density at radius 1 is 1.15 bits per heavy atom. The highest BCUT2D eigenvalue weighted by molar-refractivity contribution is 7.17. The SMILES string of the molecule is N#CCc1c(-c2ccc3c(c2)OCCO3)nc2scc(-c3cccs3)n12. The van der Waals surface area contributed by atoms with Gasteiger partial charge in [0.25, 0.3) is 0 Å². The number of imidazole rings is 1. The highest BCUT2D eigenvalue weighted by Gasteiger charge is 2.21. The maximum Gasteiger partial charge on any atom is 0.195 e. The molecule has 0 saturated heterocycles. The molecule has 5 nitrogen and oxygen atoms in total. The van der Waals surface area contributed by atoms with Crippen LogP contribution in [0.5, 0.6) is 11.5 Å². The van der Waals surface area contributed by atoms with E-state index >= 15 is 0 Å². The molecule has 0 N–H and O–H groups in total. The van der Waals surface area contributed by atoms with E-state index in [-0.39, 0.29) is 0 Å². The van der Waals surface area contributed by atoms with Gasteiger partial charge in [0.1, 0.15) is 13.2 Å². The Morgan fingerprint density at radius 2 is 2.04 bits per heavy atom. The van der Waals surface area contributed by atoms with Crippen LogP contribution in [0, 0.1) is 11.3 Å². The minimum Gasteiger partial charge on any atom is -0.486 e. The Morgan fingerprint density at radius 3 is 2.85 bits per heavy atom. The number of ether oxygens (including phenoxy) is 2.